The SMILES string of the molecule is CCOC(=O)CCc1ncoc1OCC. The Bertz CT molecular complexity index is 308. The number of carbonyl (C=O) groups excluding carboxylic acids is 1. The zero-order valence-electron chi connectivity index (χ0n) is 8.99. The Kier molecular flexibility index (Phi) is 4.66. The summed E-state index contributed by atoms with van der Waals surface area (Å²) < 4.78 is 15.0. The van der Waals surface area contributed by atoms with E-state index in [9.17, 15) is 4.79 Å². The lowest BCUT2D eigenvalue weighted by molar-refractivity contribution is -0.143. The molecule has 0 bridgehead atoms. The average molecular weight is 213 g/mol. The van der Waals surface area contributed by atoms with E-state index in [0.717, 1.165) is 0 Å². The van der Waals surface area contributed by atoms with Crippen LogP contribution in [0.4, 0.5) is 0 Å². The minimum atomic E-state index is -0.233. The predicted octanol–water partition coefficient (Wildman–Crippen LogP) is 1.57. The van der Waals surface area contributed by atoms with E-state index in [2.05, 4.69) is 4.98 Å². The second-order valence-corrected chi connectivity index (χ2v) is 2.82. The van der Waals surface area contributed by atoms with Crippen LogP contribution in [0, 0.1) is 0 Å². The summed E-state index contributed by atoms with van der Waals surface area (Å²) in [5, 5.41) is 0. The number of ether oxygens (including phenoxy) is 2. The molecule has 0 atom stereocenters. The van der Waals surface area contributed by atoms with Crippen molar-refractivity contribution in [3.05, 3.63) is 12.1 Å². The largest absolute Gasteiger partial charge is 0.466 e. The monoisotopic (exact) mass is 213 g/mol. The molecule has 0 N–H and O–H groups in total. The quantitative estimate of drug-likeness (QED) is 0.671. The maximum atomic E-state index is 11.1. The van der Waals surface area contributed by atoms with Crippen LogP contribution in [0.15, 0.2) is 10.8 Å². The Labute approximate surface area is 88.4 Å². The lowest BCUT2D eigenvalue weighted by Crippen LogP contribution is -2.06. The Morgan fingerprint density at radius 2 is 2.27 bits per heavy atom. The summed E-state index contributed by atoms with van der Waals surface area (Å²) in [7, 11) is 0. The van der Waals surface area contributed by atoms with Crippen LogP contribution in [-0.2, 0) is 16.0 Å². The summed E-state index contributed by atoms with van der Waals surface area (Å²) in [6.07, 6.45) is 2.08. The molecule has 0 aromatic carbocycles. The third kappa shape index (κ3) is 3.61. The van der Waals surface area contributed by atoms with Crippen LogP contribution in [0.3, 0.4) is 0 Å². The molecule has 1 rings (SSSR count). The van der Waals surface area contributed by atoms with Gasteiger partial charge in [-0.1, -0.05) is 0 Å². The lowest BCUT2D eigenvalue weighted by Gasteiger charge is -2.01. The number of carbonyl (C=O) groups is 1. The number of esters is 1. The van der Waals surface area contributed by atoms with E-state index in [0.29, 0.717) is 37.7 Å². The van der Waals surface area contributed by atoms with Crippen molar-refractivity contribution in [1.82, 2.24) is 4.98 Å². The van der Waals surface area contributed by atoms with Crippen molar-refractivity contribution < 1.29 is 18.7 Å². The van der Waals surface area contributed by atoms with Gasteiger partial charge in [0.05, 0.1) is 19.6 Å². The first-order valence-corrected chi connectivity index (χ1v) is 4.98. The lowest BCUT2D eigenvalue weighted by atomic mass is 10.2. The molecule has 15 heavy (non-hydrogen) atoms. The van der Waals surface area contributed by atoms with Gasteiger partial charge in [-0.25, -0.2) is 4.98 Å². The van der Waals surface area contributed by atoms with Crippen molar-refractivity contribution in [3.8, 4) is 5.95 Å². The first-order valence-electron chi connectivity index (χ1n) is 4.98. The first-order chi connectivity index (χ1) is 7.27. The van der Waals surface area contributed by atoms with Crippen LogP contribution in [-0.4, -0.2) is 24.2 Å². The molecule has 0 radical (unpaired) electrons. The molecular weight excluding hydrogens is 198 g/mol. The van der Waals surface area contributed by atoms with Gasteiger partial charge in [-0.15, -0.1) is 0 Å². The highest BCUT2D eigenvalue weighted by Gasteiger charge is 2.11. The van der Waals surface area contributed by atoms with Crippen LogP contribution in [0.2, 0.25) is 0 Å². The highest BCUT2D eigenvalue weighted by atomic mass is 16.6. The molecule has 5 nitrogen and oxygen atoms in total. The van der Waals surface area contributed by atoms with Crippen LogP contribution < -0.4 is 4.74 Å². The van der Waals surface area contributed by atoms with Gasteiger partial charge < -0.3 is 13.9 Å². The number of aromatic nitrogens is 1. The van der Waals surface area contributed by atoms with Gasteiger partial charge in [-0.3, -0.25) is 4.79 Å². The van der Waals surface area contributed by atoms with Crippen molar-refractivity contribution in [1.29, 1.82) is 0 Å². The summed E-state index contributed by atoms with van der Waals surface area (Å²) in [6.45, 7) is 4.55. The number of hydrogen-bond acceptors (Lipinski definition) is 5. The third-order valence-corrected chi connectivity index (χ3v) is 1.75. The van der Waals surface area contributed by atoms with E-state index in [1.54, 1.807) is 6.92 Å². The highest BCUT2D eigenvalue weighted by molar-refractivity contribution is 5.69. The highest BCUT2D eigenvalue weighted by Crippen LogP contribution is 2.18. The summed E-state index contributed by atoms with van der Waals surface area (Å²) in [5.41, 5.74) is 0.657. The number of rotatable bonds is 6. The Morgan fingerprint density at radius 1 is 1.47 bits per heavy atom. The molecule has 0 aliphatic heterocycles. The first kappa shape index (κ1) is 11.6. The third-order valence-electron chi connectivity index (χ3n) is 1.75. The molecule has 0 saturated heterocycles. The van der Waals surface area contributed by atoms with Crippen molar-refractivity contribution in [2.24, 2.45) is 0 Å². The van der Waals surface area contributed by atoms with Crippen molar-refractivity contribution in [2.45, 2.75) is 26.7 Å². The van der Waals surface area contributed by atoms with Gasteiger partial charge in [0.25, 0.3) is 0 Å². The molecule has 1 heterocycles. The van der Waals surface area contributed by atoms with Gasteiger partial charge in [0.2, 0.25) is 0 Å². The Balaban J connectivity index is 2.42. The topological polar surface area (TPSA) is 61.6 Å². The van der Waals surface area contributed by atoms with Crippen LogP contribution in [0.25, 0.3) is 0 Å². The summed E-state index contributed by atoms with van der Waals surface area (Å²) in [6, 6.07) is 0. The second kappa shape index (κ2) is 6.06. The Morgan fingerprint density at radius 3 is 2.93 bits per heavy atom. The molecule has 1 aromatic rings. The zero-order valence-corrected chi connectivity index (χ0v) is 8.99. The van der Waals surface area contributed by atoms with Crippen molar-refractivity contribution in [3.63, 3.8) is 0 Å². The zero-order chi connectivity index (χ0) is 11.1. The van der Waals surface area contributed by atoms with Gasteiger partial charge in [-0.05, 0) is 13.8 Å². The number of nitrogens with zero attached hydrogens (tertiary/aromatic N) is 1. The van der Waals surface area contributed by atoms with Crippen molar-refractivity contribution >= 4 is 5.97 Å². The van der Waals surface area contributed by atoms with E-state index >= 15 is 0 Å². The number of oxazole rings is 1. The molecule has 0 aliphatic rings. The number of aryl methyl sites for hydroxylation is 1. The fraction of sp³-hybridized carbons (Fsp3) is 0.600. The van der Waals surface area contributed by atoms with Crippen LogP contribution in [0.1, 0.15) is 26.0 Å². The summed E-state index contributed by atoms with van der Waals surface area (Å²) in [5.74, 6) is 0.157. The maximum Gasteiger partial charge on any atom is 0.308 e. The van der Waals surface area contributed by atoms with Crippen molar-refractivity contribution in [2.75, 3.05) is 13.2 Å². The van der Waals surface area contributed by atoms with Gasteiger partial charge >= 0.3 is 11.9 Å². The van der Waals surface area contributed by atoms with Crippen LogP contribution >= 0.6 is 0 Å². The van der Waals surface area contributed by atoms with E-state index < -0.39 is 0 Å². The van der Waals surface area contributed by atoms with E-state index in [4.69, 9.17) is 13.9 Å². The number of hydrogen-bond donors (Lipinski definition) is 0. The predicted molar refractivity (Wildman–Crippen MR) is 52.6 cm³/mol. The Hall–Kier alpha value is -1.52. The van der Waals surface area contributed by atoms with Gasteiger partial charge in [-0.2, -0.15) is 0 Å². The van der Waals surface area contributed by atoms with Gasteiger partial charge in [0, 0.05) is 6.42 Å². The van der Waals surface area contributed by atoms with Crippen LogP contribution in [0.5, 0.6) is 5.95 Å². The normalized spacial score (nSPS) is 10.0. The molecule has 0 saturated carbocycles. The fourth-order valence-corrected chi connectivity index (χ4v) is 1.13. The molecule has 1 aromatic heterocycles. The molecule has 0 fully saturated rings. The van der Waals surface area contributed by atoms with Gasteiger partial charge in [0.15, 0.2) is 6.39 Å². The molecule has 84 valence electrons. The minimum Gasteiger partial charge on any atom is -0.466 e. The maximum absolute atomic E-state index is 11.1. The molecular formula is C10H15NO4. The fourth-order valence-electron chi connectivity index (χ4n) is 1.13. The van der Waals surface area contributed by atoms with E-state index in [-0.39, 0.29) is 5.97 Å². The average Bonchev–Trinajstić information content (AvgIpc) is 2.64. The molecule has 0 aliphatic carbocycles. The smallest absolute Gasteiger partial charge is 0.308 e. The second-order valence-electron chi connectivity index (χ2n) is 2.82. The minimum absolute atomic E-state index is 0.233. The summed E-state index contributed by atoms with van der Waals surface area (Å²) in [4.78, 5) is 15.1. The van der Waals surface area contributed by atoms with E-state index in [1.807, 2.05) is 6.92 Å². The molecule has 0 spiro atoms. The molecule has 5 heteroatoms. The summed E-state index contributed by atoms with van der Waals surface area (Å²) >= 11 is 0. The molecule has 0 unspecified atom stereocenters. The van der Waals surface area contributed by atoms with E-state index in [1.165, 1.54) is 6.39 Å². The van der Waals surface area contributed by atoms with Gasteiger partial charge in [0.1, 0.15) is 5.69 Å². The standard InChI is InChI=1S/C10H15NO4/c1-3-13-9(12)6-5-8-10(14-4-2)15-7-11-8/h7H,3-6H2,1-2H3. The molecule has 0 amide bonds.